The van der Waals surface area contributed by atoms with Gasteiger partial charge in [0.15, 0.2) is 0 Å². The molecule has 76 valence electrons. The Balaban J connectivity index is 2.52. The molecule has 1 aromatic carbocycles. The molecule has 0 aliphatic carbocycles. The Morgan fingerprint density at radius 2 is 2.07 bits per heavy atom. The molecule has 0 saturated heterocycles. The van der Waals surface area contributed by atoms with Crippen molar-refractivity contribution in [2.45, 2.75) is 6.92 Å². The molecule has 2 heteroatoms. The van der Waals surface area contributed by atoms with Gasteiger partial charge in [-0.3, -0.25) is 0 Å². The van der Waals surface area contributed by atoms with Crippen molar-refractivity contribution in [1.82, 2.24) is 0 Å². The van der Waals surface area contributed by atoms with Crippen LogP contribution in [-0.2, 0) is 0 Å². The van der Waals surface area contributed by atoms with E-state index in [0.717, 1.165) is 16.0 Å². The lowest BCUT2D eigenvalue weighted by Crippen LogP contribution is -1.80. The van der Waals surface area contributed by atoms with Gasteiger partial charge in [0.1, 0.15) is 5.82 Å². The number of halogens is 1. The summed E-state index contributed by atoms with van der Waals surface area (Å²) in [5.74, 6) is -0.214. The zero-order valence-corrected chi connectivity index (χ0v) is 9.27. The van der Waals surface area contributed by atoms with Crippen molar-refractivity contribution in [3.63, 3.8) is 0 Å². The monoisotopic (exact) mass is 218 g/mol. The molecule has 0 N–H and O–H groups in total. The van der Waals surface area contributed by atoms with Crippen LogP contribution in [-0.4, -0.2) is 0 Å². The predicted molar refractivity (Wildman–Crippen MR) is 64.5 cm³/mol. The Bertz CT molecular complexity index is 497. The fourth-order valence-electron chi connectivity index (χ4n) is 1.46. The van der Waals surface area contributed by atoms with E-state index < -0.39 is 0 Å². The summed E-state index contributed by atoms with van der Waals surface area (Å²) in [6.07, 6.45) is 1.66. The lowest BCUT2D eigenvalue weighted by molar-refractivity contribution is 0.628. The molecule has 15 heavy (non-hydrogen) atoms. The Morgan fingerprint density at radius 1 is 1.27 bits per heavy atom. The van der Waals surface area contributed by atoms with Crippen LogP contribution in [0.1, 0.15) is 10.4 Å². The summed E-state index contributed by atoms with van der Waals surface area (Å²) in [5, 5.41) is 0. The van der Waals surface area contributed by atoms with Gasteiger partial charge in [-0.15, -0.1) is 11.3 Å². The van der Waals surface area contributed by atoms with E-state index in [2.05, 4.69) is 6.58 Å². The Hall–Kier alpha value is -1.41. The summed E-state index contributed by atoms with van der Waals surface area (Å²) < 4.78 is 13.3. The molecule has 0 fully saturated rings. The van der Waals surface area contributed by atoms with Crippen LogP contribution in [0, 0.1) is 12.7 Å². The maximum absolute atomic E-state index is 13.3. The van der Waals surface area contributed by atoms with Crippen molar-refractivity contribution < 1.29 is 4.39 Å². The highest BCUT2D eigenvalue weighted by molar-refractivity contribution is 7.15. The molecule has 2 rings (SSSR count). The van der Waals surface area contributed by atoms with Crippen LogP contribution in [0.25, 0.3) is 16.5 Å². The zero-order chi connectivity index (χ0) is 10.8. The number of hydrogen-bond acceptors (Lipinski definition) is 1. The van der Waals surface area contributed by atoms with Crippen LogP contribution in [0.5, 0.6) is 0 Å². The van der Waals surface area contributed by atoms with Crippen molar-refractivity contribution in [3.8, 4) is 10.4 Å². The van der Waals surface area contributed by atoms with Crippen LogP contribution in [0.15, 0.2) is 36.9 Å². The molecule has 0 bridgehead atoms. The third-order valence-electron chi connectivity index (χ3n) is 2.18. The Morgan fingerprint density at radius 3 is 2.67 bits per heavy atom. The van der Waals surface area contributed by atoms with Crippen LogP contribution in [0.3, 0.4) is 0 Å². The number of hydrogen-bond donors (Lipinski definition) is 0. The summed E-state index contributed by atoms with van der Waals surface area (Å²) in [7, 11) is 0. The average Bonchev–Trinajstić information content (AvgIpc) is 2.64. The minimum absolute atomic E-state index is 0.214. The van der Waals surface area contributed by atoms with Gasteiger partial charge in [-0.1, -0.05) is 12.7 Å². The second-order valence-electron chi connectivity index (χ2n) is 3.39. The topological polar surface area (TPSA) is 0 Å². The fourth-order valence-corrected chi connectivity index (χ4v) is 2.32. The van der Waals surface area contributed by atoms with Crippen LogP contribution in [0.2, 0.25) is 0 Å². The van der Waals surface area contributed by atoms with Gasteiger partial charge in [0, 0.05) is 9.75 Å². The maximum Gasteiger partial charge on any atom is 0.124 e. The molecule has 0 saturated carbocycles. The molecule has 0 aliphatic heterocycles. The molecule has 1 aromatic heterocycles. The standard InChI is InChI=1S/C13H11FS/c1-3-10-6-11(8-12(14)7-10)13-5-4-9(2)15-13/h3-8H,1H2,2H3. The van der Waals surface area contributed by atoms with Crippen molar-refractivity contribution in [2.75, 3.05) is 0 Å². The van der Waals surface area contributed by atoms with E-state index in [1.807, 2.05) is 25.1 Å². The highest BCUT2D eigenvalue weighted by atomic mass is 32.1. The summed E-state index contributed by atoms with van der Waals surface area (Å²) in [5.41, 5.74) is 1.74. The minimum atomic E-state index is -0.214. The predicted octanol–water partition coefficient (Wildman–Crippen LogP) is 4.51. The van der Waals surface area contributed by atoms with Gasteiger partial charge < -0.3 is 0 Å². The van der Waals surface area contributed by atoms with Crippen molar-refractivity contribution in [1.29, 1.82) is 0 Å². The molecule has 0 aliphatic rings. The van der Waals surface area contributed by atoms with E-state index in [-0.39, 0.29) is 5.82 Å². The number of thiophene rings is 1. The number of aryl methyl sites for hydroxylation is 1. The van der Waals surface area contributed by atoms with E-state index >= 15 is 0 Å². The molecular weight excluding hydrogens is 207 g/mol. The van der Waals surface area contributed by atoms with Crippen LogP contribution >= 0.6 is 11.3 Å². The minimum Gasteiger partial charge on any atom is -0.207 e. The summed E-state index contributed by atoms with van der Waals surface area (Å²) >= 11 is 1.67. The third-order valence-corrected chi connectivity index (χ3v) is 3.23. The first-order valence-electron chi connectivity index (χ1n) is 4.69. The normalized spacial score (nSPS) is 10.3. The first-order chi connectivity index (χ1) is 7.19. The fraction of sp³-hybridized carbons (Fsp3) is 0.0769. The summed E-state index contributed by atoms with van der Waals surface area (Å²) in [6.45, 7) is 5.69. The smallest absolute Gasteiger partial charge is 0.124 e. The number of rotatable bonds is 2. The van der Waals surface area contributed by atoms with Crippen molar-refractivity contribution >= 4 is 17.4 Å². The van der Waals surface area contributed by atoms with Gasteiger partial charge in [0.05, 0.1) is 0 Å². The molecule has 2 aromatic rings. The molecule has 0 unspecified atom stereocenters. The number of benzene rings is 1. The summed E-state index contributed by atoms with van der Waals surface area (Å²) in [6, 6.07) is 9.04. The van der Waals surface area contributed by atoms with Gasteiger partial charge in [-0.25, -0.2) is 4.39 Å². The van der Waals surface area contributed by atoms with Gasteiger partial charge in [0.2, 0.25) is 0 Å². The van der Waals surface area contributed by atoms with Gasteiger partial charge >= 0.3 is 0 Å². The van der Waals surface area contributed by atoms with Crippen LogP contribution in [0.4, 0.5) is 4.39 Å². The molecular formula is C13H11FS. The van der Waals surface area contributed by atoms with E-state index in [0.29, 0.717) is 0 Å². The van der Waals surface area contributed by atoms with E-state index in [1.165, 1.54) is 10.9 Å². The molecule has 0 spiro atoms. The molecule has 1 heterocycles. The average molecular weight is 218 g/mol. The lowest BCUT2D eigenvalue weighted by Gasteiger charge is -2.00. The van der Waals surface area contributed by atoms with Crippen molar-refractivity contribution in [2.24, 2.45) is 0 Å². The van der Waals surface area contributed by atoms with E-state index in [1.54, 1.807) is 23.5 Å². The SMILES string of the molecule is C=Cc1cc(F)cc(-c2ccc(C)s2)c1. The first-order valence-corrected chi connectivity index (χ1v) is 5.50. The zero-order valence-electron chi connectivity index (χ0n) is 8.46. The highest BCUT2D eigenvalue weighted by Crippen LogP contribution is 2.29. The maximum atomic E-state index is 13.3. The highest BCUT2D eigenvalue weighted by Gasteiger charge is 2.03. The van der Waals surface area contributed by atoms with Crippen LogP contribution < -0.4 is 0 Å². The molecule has 0 radical (unpaired) electrons. The van der Waals surface area contributed by atoms with Gasteiger partial charge in [-0.2, -0.15) is 0 Å². The second kappa shape index (κ2) is 3.99. The molecule has 0 atom stereocenters. The van der Waals surface area contributed by atoms with E-state index in [4.69, 9.17) is 0 Å². The van der Waals surface area contributed by atoms with Gasteiger partial charge in [-0.05, 0) is 48.4 Å². The largest absolute Gasteiger partial charge is 0.207 e. The second-order valence-corrected chi connectivity index (χ2v) is 4.68. The summed E-state index contributed by atoms with van der Waals surface area (Å²) in [4.78, 5) is 2.32. The first kappa shape index (κ1) is 10.1. The Labute approximate surface area is 92.7 Å². The Kier molecular flexibility index (Phi) is 2.69. The molecule has 0 amide bonds. The lowest BCUT2D eigenvalue weighted by atomic mass is 10.1. The third kappa shape index (κ3) is 2.16. The quantitative estimate of drug-likeness (QED) is 0.696. The van der Waals surface area contributed by atoms with Gasteiger partial charge in [0.25, 0.3) is 0 Å². The van der Waals surface area contributed by atoms with Crippen molar-refractivity contribution in [3.05, 3.63) is 53.2 Å². The molecule has 0 nitrogen and oxygen atoms in total. The van der Waals surface area contributed by atoms with E-state index in [9.17, 15) is 4.39 Å².